The second kappa shape index (κ2) is 7.87. The highest BCUT2D eigenvalue weighted by molar-refractivity contribution is 7.19. The largest absolute Gasteiger partial charge is 0.383 e. The van der Waals surface area contributed by atoms with Crippen LogP contribution >= 0.6 is 34.5 Å². The highest BCUT2D eigenvalue weighted by atomic mass is 35.5. The number of anilines is 3. The van der Waals surface area contributed by atoms with Crippen LogP contribution in [0.3, 0.4) is 0 Å². The van der Waals surface area contributed by atoms with Crippen LogP contribution in [-0.2, 0) is 0 Å². The average Bonchev–Trinajstić information content (AvgIpc) is 3.02. The van der Waals surface area contributed by atoms with E-state index < -0.39 is 6.03 Å². The molecule has 4 aromatic rings. The third-order valence-electron chi connectivity index (χ3n) is 4.30. The molecule has 0 unspecified atom stereocenters. The summed E-state index contributed by atoms with van der Waals surface area (Å²) in [7, 11) is 0. The van der Waals surface area contributed by atoms with Crippen LogP contribution in [0.5, 0.6) is 0 Å². The van der Waals surface area contributed by atoms with Crippen LogP contribution in [0.15, 0.2) is 48.8 Å². The molecule has 2 heterocycles. The number of nitrogens with zero attached hydrogens (tertiary/aromatic N) is 2. The molecular weight excluding hydrogens is 429 g/mol. The molecule has 0 saturated heterocycles. The van der Waals surface area contributed by atoms with Gasteiger partial charge in [-0.2, -0.15) is 0 Å². The Morgan fingerprint density at radius 2 is 1.83 bits per heavy atom. The number of nitrogen functional groups attached to an aromatic ring is 1. The van der Waals surface area contributed by atoms with Crippen LogP contribution in [-0.4, -0.2) is 16.0 Å². The summed E-state index contributed by atoms with van der Waals surface area (Å²) < 4.78 is 0. The van der Waals surface area contributed by atoms with Gasteiger partial charge in [0.25, 0.3) is 0 Å². The summed E-state index contributed by atoms with van der Waals surface area (Å²) >= 11 is 13.6. The van der Waals surface area contributed by atoms with E-state index in [1.54, 1.807) is 29.5 Å². The number of rotatable bonds is 3. The van der Waals surface area contributed by atoms with Gasteiger partial charge >= 0.3 is 6.03 Å². The summed E-state index contributed by atoms with van der Waals surface area (Å²) in [6.45, 7) is 2.02. The van der Waals surface area contributed by atoms with Gasteiger partial charge in [-0.1, -0.05) is 35.3 Å². The Labute approximate surface area is 180 Å². The van der Waals surface area contributed by atoms with Crippen molar-refractivity contribution in [3.63, 3.8) is 0 Å². The molecule has 2 aromatic carbocycles. The van der Waals surface area contributed by atoms with Gasteiger partial charge in [0, 0.05) is 21.2 Å². The van der Waals surface area contributed by atoms with E-state index in [9.17, 15) is 4.79 Å². The molecule has 0 aliphatic rings. The number of fused-ring (bicyclic) bond motifs is 1. The third kappa shape index (κ3) is 3.98. The van der Waals surface area contributed by atoms with Crippen molar-refractivity contribution in [3.05, 3.63) is 63.7 Å². The number of aromatic nitrogens is 2. The standard InChI is InChI=1S/C20H15Cl2N5OS/c1-10-16(17-18(23)24-9-25-19(17)29-10)11-2-5-13(6-3-11)26-20(28)27-15-8-12(21)4-7-14(15)22/h2-9H,1H3,(H2,23,24,25)(H2,26,27,28). The summed E-state index contributed by atoms with van der Waals surface area (Å²) in [4.78, 5) is 22.6. The summed E-state index contributed by atoms with van der Waals surface area (Å²) in [5, 5.41) is 7.19. The topological polar surface area (TPSA) is 92.9 Å². The van der Waals surface area contributed by atoms with Gasteiger partial charge in [-0.15, -0.1) is 11.3 Å². The SMILES string of the molecule is Cc1sc2ncnc(N)c2c1-c1ccc(NC(=O)Nc2cc(Cl)ccc2Cl)cc1. The molecule has 0 spiro atoms. The lowest BCUT2D eigenvalue weighted by atomic mass is 10.0. The predicted molar refractivity (Wildman–Crippen MR) is 121 cm³/mol. The average molecular weight is 444 g/mol. The number of aryl methyl sites for hydroxylation is 1. The minimum absolute atomic E-state index is 0.402. The number of benzene rings is 2. The van der Waals surface area contributed by atoms with E-state index in [0.717, 1.165) is 26.2 Å². The van der Waals surface area contributed by atoms with Gasteiger partial charge in [0.05, 0.1) is 16.1 Å². The van der Waals surface area contributed by atoms with Crippen molar-refractivity contribution in [1.29, 1.82) is 0 Å². The number of carbonyl (C=O) groups excluding carboxylic acids is 1. The number of halogens is 2. The zero-order chi connectivity index (χ0) is 20.5. The molecule has 0 atom stereocenters. The van der Waals surface area contributed by atoms with E-state index in [-0.39, 0.29) is 0 Å². The lowest BCUT2D eigenvalue weighted by Crippen LogP contribution is -2.19. The Morgan fingerprint density at radius 1 is 1.07 bits per heavy atom. The molecule has 0 aliphatic carbocycles. The third-order valence-corrected chi connectivity index (χ3v) is 5.88. The van der Waals surface area contributed by atoms with Gasteiger partial charge in [-0.05, 0) is 42.8 Å². The molecule has 0 aliphatic heterocycles. The van der Waals surface area contributed by atoms with Gasteiger partial charge in [-0.3, -0.25) is 0 Å². The number of nitrogens with two attached hydrogens (primary N) is 1. The molecule has 0 bridgehead atoms. The Balaban J connectivity index is 1.55. The van der Waals surface area contributed by atoms with Crippen molar-refractivity contribution in [3.8, 4) is 11.1 Å². The van der Waals surface area contributed by atoms with Crippen LogP contribution in [0.1, 0.15) is 4.88 Å². The zero-order valence-electron chi connectivity index (χ0n) is 15.2. The molecule has 4 rings (SSSR count). The molecular formula is C20H15Cl2N5OS. The smallest absolute Gasteiger partial charge is 0.323 e. The van der Waals surface area contributed by atoms with E-state index in [0.29, 0.717) is 27.2 Å². The monoisotopic (exact) mass is 443 g/mol. The maximum absolute atomic E-state index is 12.3. The molecule has 6 nitrogen and oxygen atoms in total. The van der Waals surface area contributed by atoms with Gasteiger partial charge in [0.2, 0.25) is 0 Å². The predicted octanol–water partition coefficient (Wildman–Crippen LogP) is 6.20. The maximum atomic E-state index is 12.3. The minimum atomic E-state index is -0.420. The van der Waals surface area contributed by atoms with E-state index >= 15 is 0 Å². The molecule has 29 heavy (non-hydrogen) atoms. The number of hydrogen-bond donors (Lipinski definition) is 3. The van der Waals surface area contributed by atoms with Crippen LogP contribution < -0.4 is 16.4 Å². The Morgan fingerprint density at radius 3 is 2.59 bits per heavy atom. The van der Waals surface area contributed by atoms with Crippen molar-refractivity contribution in [2.24, 2.45) is 0 Å². The van der Waals surface area contributed by atoms with Crippen LogP contribution in [0.25, 0.3) is 21.3 Å². The molecule has 0 fully saturated rings. The highest BCUT2D eigenvalue weighted by Gasteiger charge is 2.15. The van der Waals surface area contributed by atoms with Crippen LogP contribution in [0.2, 0.25) is 10.0 Å². The first-order valence-electron chi connectivity index (χ1n) is 8.55. The number of amides is 2. The lowest BCUT2D eigenvalue weighted by Gasteiger charge is -2.10. The first kappa shape index (κ1) is 19.4. The summed E-state index contributed by atoms with van der Waals surface area (Å²) in [5.74, 6) is 0.453. The number of hydrogen-bond acceptors (Lipinski definition) is 5. The Bertz CT molecular complexity index is 1220. The second-order valence-corrected chi connectivity index (χ2v) is 8.30. The number of carbonyl (C=O) groups is 1. The number of urea groups is 1. The highest BCUT2D eigenvalue weighted by Crippen LogP contribution is 2.39. The molecule has 2 amide bonds. The maximum Gasteiger partial charge on any atom is 0.323 e. The second-order valence-electron chi connectivity index (χ2n) is 6.25. The fourth-order valence-electron chi connectivity index (χ4n) is 3.01. The van der Waals surface area contributed by atoms with Crippen molar-refractivity contribution in [2.45, 2.75) is 6.92 Å². The fraction of sp³-hybridized carbons (Fsp3) is 0.0500. The van der Waals surface area contributed by atoms with Gasteiger partial charge in [-0.25, -0.2) is 14.8 Å². The van der Waals surface area contributed by atoms with Crippen molar-refractivity contribution < 1.29 is 4.79 Å². The van der Waals surface area contributed by atoms with Crippen molar-refractivity contribution in [2.75, 3.05) is 16.4 Å². The fourth-order valence-corrected chi connectivity index (χ4v) is 4.37. The number of nitrogens with one attached hydrogen (secondary N) is 2. The molecule has 2 aromatic heterocycles. The zero-order valence-corrected chi connectivity index (χ0v) is 17.5. The van der Waals surface area contributed by atoms with E-state index in [2.05, 4.69) is 20.6 Å². The molecule has 9 heteroatoms. The summed E-state index contributed by atoms with van der Waals surface area (Å²) in [6.07, 6.45) is 1.47. The molecule has 146 valence electrons. The first-order valence-corrected chi connectivity index (χ1v) is 10.1. The van der Waals surface area contributed by atoms with E-state index in [1.165, 1.54) is 6.33 Å². The van der Waals surface area contributed by atoms with Gasteiger partial charge in [0.1, 0.15) is 17.0 Å². The molecule has 0 saturated carbocycles. The lowest BCUT2D eigenvalue weighted by molar-refractivity contribution is 0.262. The first-order chi connectivity index (χ1) is 13.9. The Hall–Kier alpha value is -2.87. The molecule has 0 radical (unpaired) electrons. The normalized spacial score (nSPS) is 10.9. The van der Waals surface area contributed by atoms with E-state index in [4.69, 9.17) is 28.9 Å². The quantitative estimate of drug-likeness (QED) is 0.351. The van der Waals surface area contributed by atoms with E-state index in [1.807, 2.05) is 31.2 Å². The summed E-state index contributed by atoms with van der Waals surface area (Å²) in [5.41, 5.74) is 9.11. The molecule has 4 N–H and O–H groups in total. The van der Waals surface area contributed by atoms with Gasteiger partial charge < -0.3 is 16.4 Å². The van der Waals surface area contributed by atoms with Gasteiger partial charge in [0.15, 0.2) is 0 Å². The summed E-state index contributed by atoms with van der Waals surface area (Å²) in [6, 6.07) is 11.9. The van der Waals surface area contributed by atoms with Crippen LogP contribution in [0, 0.1) is 6.92 Å². The van der Waals surface area contributed by atoms with Crippen molar-refractivity contribution in [1.82, 2.24) is 9.97 Å². The number of thiophene rings is 1. The minimum Gasteiger partial charge on any atom is -0.383 e. The Kier molecular flexibility index (Phi) is 5.27. The van der Waals surface area contributed by atoms with Crippen LogP contribution in [0.4, 0.5) is 22.0 Å². The van der Waals surface area contributed by atoms with Crippen molar-refractivity contribution >= 4 is 68.0 Å².